The fourth-order valence-electron chi connectivity index (χ4n) is 2.20. The quantitative estimate of drug-likeness (QED) is 0.893. The lowest BCUT2D eigenvalue weighted by atomic mass is 10.2. The molecule has 1 atom stereocenters. The molecule has 1 aliphatic heterocycles. The van der Waals surface area contributed by atoms with Crippen molar-refractivity contribution in [2.75, 3.05) is 26.0 Å². The summed E-state index contributed by atoms with van der Waals surface area (Å²) in [7, 11) is 3.33. The van der Waals surface area contributed by atoms with Crippen molar-refractivity contribution in [2.45, 2.75) is 18.9 Å². The van der Waals surface area contributed by atoms with E-state index in [4.69, 9.17) is 4.74 Å². The van der Waals surface area contributed by atoms with Crippen LogP contribution in [0.2, 0.25) is 0 Å². The molecule has 0 aliphatic carbocycles. The first-order valence-corrected chi connectivity index (χ1v) is 5.96. The van der Waals surface area contributed by atoms with E-state index in [2.05, 4.69) is 5.32 Å². The number of hydrogen-bond acceptors (Lipinski definition) is 3. The van der Waals surface area contributed by atoms with Gasteiger partial charge in [0, 0.05) is 11.8 Å². The lowest BCUT2D eigenvalue weighted by molar-refractivity contribution is -0.119. The largest absolute Gasteiger partial charge is 0.494 e. The summed E-state index contributed by atoms with van der Waals surface area (Å²) >= 11 is 0. The van der Waals surface area contributed by atoms with Gasteiger partial charge in [-0.3, -0.25) is 9.69 Å². The second-order valence-electron chi connectivity index (χ2n) is 4.48. The number of nitrogens with one attached hydrogen (secondary N) is 1. The van der Waals surface area contributed by atoms with E-state index in [-0.39, 0.29) is 17.7 Å². The number of halogens is 1. The van der Waals surface area contributed by atoms with E-state index in [1.54, 1.807) is 0 Å². The van der Waals surface area contributed by atoms with Crippen molar-refractivity contribution in [1.29, 1.82) is 0 Å². The maximum Gasteiger partial charge on any atom is 0.241 e. The zero-order valence-electron chi connectivity index (χ0n) is 10.6. The van der Waals surface area contributed by atoms with Crippen molar-refractivity contribution >= 4 is 11.6 Å². The van der Waals surface area contributed by atoms with Gasteiger partial charge in [-0.15, -0.1) is 0 Å². The van der Waals surface area contributed by atoms with Crippen LogP contribution in [-0.4, -0.2) is 37.6 Å². The third-order valence-corrected chi connectivity index (χ3v) is 3.24. The van der Waals surface area contributed by atoms with E-state index in [0.29, 0.717) is 5.69 Å². The Morgan fingerprint density at radius 1 is 1.56 bits per heavy atom. The third kappa shape index (κ3) is 2.61. The first kappa shape index (κ1) is 12.8. The number of benzene rings is 1. The van der Waals surface area contributed by atoms with Gasteiger partial charge >= 0.3 is 0 Å². The number of nitrogens with zero attached hydrogens (tertiary/aromatic N) is 1. The molecule has 18 heavy (non-hydrogen) atoms. The summed E-state index contributed by atoms with van der Waals surface area (Å²) in [5, 5.41) is 2.79. The van der Waals surface area contributed by atoms with Crippen LogP contribution in [0.25, 0.3) is 0 Å². The summed E-state index contributed by atoms with van der Waals surface area (Å²) in [5.41, 5.74) is 0.554. The summed E-state index contributed by atoms with van der Waals surface area (Å²) in [5.74, 6) is -0.357. The van der Waals surface area contributed by atoms with Gasteiger partial charge in [0.1, 0.15) is 0 Å². The van der Waals surface area contributed by atoms with Gasteiger partial charge in [-0.05, 0) is 38.6 Å². The normalized spacial score (nSPS) is 19.8. The van der Waals surface area contributed by atoms with Crippen LogP contribution in [0.15, 0.2) is 18.2 Å². The molecule has 98 valence electrons. The highest BCUT2D eigenvalue weighted by Crippen LogP contribution is 2.23. The Hall–Kier alpha value is -1.62. The average Bonchev–Trinajstić information content (AvgIpc) is 2.78. The number of amides is 1. The number of ether oxygens (including phenoxy) is 1. The number of rotatable bonds is 3. The van der Waals surface area contributed by atoms with Crippen molar-refractivity contribution in [3.8, 4) is 5.75 Å². The van der Waals surface area contributed by atoms with Gasteiger partial charge in [-0.1, -0.05) is 0 Å². The van der Waals surface area contributed by atoms with Crippen LogP contribution in [0, 0.1) is 5.82 Å². The zero-order chi connectivity index (χ0) is 13.1. The number of anilines is 1. The highest BCUT2D eigenvalue weighted by molar-refractivity contribution is 5.95. The van der Waals surface area contributed by atoms with E-state index in [1.165, 1.54) is 25.3 Å². The molecule has 0 saturated carbocycles. The van der Waals surface area contributed by atoms with Crippen molar-refractivity contribution < 1.29 is 13.9 Å². The molecule has 4 nitrogen and oxygen atoms in total. The van der Waals surface area contributed by atoms with Gasteiger partial charge in [0.15, 0.2) is 11.6 Å². The molecular formula is C13H17FN2O2. The number of methoxy groups -OCH3 is 1. The van der Waals surface area contributed by atoms with Crippen molar-refractivity contribution in [2.24, 2.45) is 0 Å². The maximum absolute atomic E-state index is 13.2. The molecule has 1 heterocycles. The summed E-state index contributed by atoms with van der Waals surface area (Å²) in [6, 6.07) is 4.21. The molecule has 1 fully saturated rings. The van der Waals surface area contributed by atoms with Gasteiger partial charge in [0.25, 0.3) is 0 Å². The molecule has 2 rings (SSSR count). The van der Waals surface area contributed by atoms with Gasteiger partial charge in [-0.2, -0.15) is 0 Å². The Labute approximate surface area is 106 Å². The molecular weight excluding hydrogens is 235 g/mol. The van der Waals surface area contributed by atoms with Crippen LogP contribution < -0.4 is 10.1 Å². The minimum atomic E-state index is -0.437. The van der Waals surface area contributed by atoms with E-state index >= 15 is 0 Å². The fraction of sp³-hybridized carbons (Fsp3) is 0.462. The minimum Gasteiger partial charge on any atom is -0.494 e. The topological polar surface area (TPSA) is 41.6 Å². The Morgan fingerprint density at radius 3 is 2.94 bits per heavy atom. The Balaban J connectivity index is 2.07. The predicted molar refractivity (Wildman–Crippen MR) is 67.2 cm³/mol. The van der Waals surface area contributed by atoms with E-state index in [0.717, 1.165) is 19.4 Å². The summed E-state index contributed by atoms with van der Waals surface area (Å²) in [4.78, 5) is 14.0. The van der Waals surface area contributed by atoms with Gasteiger partial charge in [0.05, 0.1) is 13.2 Å². The zero-order valence-corrected chi connectivity index (χ0v) is 10.6. The van der Waals surface area contributed by atoms with Crippen LogP contribution in [0.1, 0.15) is 12.8 Å². The second kappa shape index (κ2) is 5.35. The van der Waals surface area contributed by atoms with Crippen LogP contribution >= 0.6 is 0 Å². The van der Waals surface area contributed by atoms with Crippen molar-refractivity contribution in [1.82, 2.24) is 4.90 Å². The summed E-state index contributed by atoms with van der Waals surface area (Å²) in [6.45, 7) is 0.935. The molecule has 0 radical (unpaired) electrons. The summed E-state index contributed by atoms with van der Waals surface area (Å²) < 4.78 is 18.1. The second-order valence-corrected chi connectivity index (χ2v) is 4.48. The molecule has 1 aromatic carbocycles. The Kier molecular flexibility index (Phi) is 3.81. The lowest BCUT2D eigenvalue weighted by Gasteiger charge is -2.18. The highest BCUT2D eigenvalue weighted by Gasteiger charge is 2.27. The van der Waals surface area contributed by atoms with E-state index in [9.17, 15) is 9.18 Å². The van der Waals surface area contributed by atoms with Crippen LogP contribution in [0.5, 0.6) is 5.75 Å². The number of hydrogen-bond donors (Lipinski definition) is 1. The minimum absolute atomic E-state index is 0.0522. The standard InChI is InChI=1S/C13H17FN2O2/c1-16-7-3-4-11(16)13(17)15-9-5-6-10(14)12(8-9)18-2/h5-6,8,11H,3-4,7H2,1-2H3,(H,15,17). The fourth-order valence-corrected chi connectivity index (χ4v) is 2.20. The lowest BCUT2D eigenvalue weighted by Crippen LogP contribution is -2.37. The molecule has 1 N–H and O–H groups in total. The molecule has 1 amide bonds. The molecule has 1 unspecified atom stereocenters. The van der Waals surface area contributed by atoms with Crippen LogP contribution in [0.3, 0.4) is 0 Å². The van der Waals surface area contributed by atoms with Gasteiger partial charge < -0.3 is 10.1 Å². The third-order valence-electron chi connectivity index (χ3n) is 3.24. The first-order chi connectivity index (χ1) is 8.61. The highest BCUT2D eigenvalue weighted by atomic mass is 19.1. The number of carbonyl (C=O) groups excluding carboxylic acids is 1. The molecule has 1 aromatic rings. The van der Waals surface area contributed by atoms with E-state index in [1.807, 2.05) is 11.9 Å². The molecule has 0 spiro atoms. The Morgan fingerprint density at radius 2 is 2.33 bits per heavy atom. The number of carbonyl (C=O) groups is 1. The maximum atomic E-state index is 13.2. The number of likely N-dealkylation sites (tertiary alicyclic amines) is 1. The SMILES string of the molecule is COc1cc(NC(=O)C2CCCN2C)ccc1F. The van der Waals surface area contributed by atoms with Crippen LogP contribution in [0.4, 0.5) is 10.1 Å². The van der Waals surface area contributed by atoms with Gasteiger partial charge in [0.2, 0.25) is 5.91 Å². The van der Waals surface area contributed by atoms with E-state index < -0.39 is 5.82 Å². The molecule has 0 aromatic heterocycles. The molecule has 0 bridgehead atoms. The molecule has 1 saturated heterocycles. The van der Waals surface area contributed by atoms with Crippen molar-refractivity contribution in [3.05, 3.63) is 24.0 Å². The molecule has 5 heteroatoms. The smallest absolute Gasteiger partial charge is 0.241 e. The number of likely N-dealkylation sites (N-methyl/N-ethyl adjacent to an activating group) is 1. The molecule has 1 aliphatic rings. The summed E-state index contributed by atoms with van der Waals surface area (Å²) in [6.07, 6.45) is 1.89. The monoisotopic (exact) mass is 252 g/mol. The van der Waals surface area contributed by atoms with Gasteiger partial charge in [-0.25, -0.2) is 4.39 Å². The Bertz CT molecular complexity index is 451. The first-order valence-electron chi connectivity index (χ1n) is 5.96. The van der Waals surface area contributed by atoms with Crippen LogP contribution in [-0.2, 0) is 4.79 Å². The van der Waals surface area contributed by atoms with Crippen molar-refractivity contribution in [3.63, 3.8) is 0 Å². The average molecular weight is 252 g/mol. The predicted octanol–water partition coefficient (Wildman–Crippen LogP) is 1.87.